The zero-order chi connectivity index (χ0) is 9.84. The molecule has 0 amide bonds. The minimum Gasteiger partial charge on any atom is -0.323 e. The standard InChI is InChI=1S/C9H10ClF2N/c10-7-3-1-2-6(4-7)5-8(13)9(11)12/h1-4,8-9H,5,13H2. The topological polar surface area (TPSA) is 26.0 Å². The van der Waals surface area contributed by atoms with E-state index in [9.17, 15) is 8.78 Å². The van der Waals surface area contributed by atoms with Crippen molar-refractivity contribution in [3.8, 4) is 0 Å². The summed E-state index contributed by atoms with van der Waals surface area (Å²) >= 11 is 5.68. The summed E-state index contributed by atoms with van der Waals surface area (Å²) in [5, 5.41) is 0.541. The van der Waals surface area contributed by atoms with Crippen LogP contribution in [0.1, 0.15) is 5.56 Å². The lowest BCUT2D eigenvalue weighted by Crippen LogP contribution is -2.30. The van der Waals surface area contributed by atoms with Gasteiger partial charge < -0.3 is 5.73 Å². The Morgan fingerprint density at radius 1 is 1.38 bits per heavy atom. The number of rotatable bonds is 3. The van der Waals surface area contributed by atoms with Crippen LogP contribution in [-0.2, 0) is 6.42 Å². The van der Waals surface area contributed by atoms with Crippen LogP contribution in [0.2, 0.25) is 5.02 Å². The number of halogens is 3. The van der Waals surface area contributed by atoms with Gasteiger partial charge in [0.05, 0.1) is 6.04 Å². The number of benzene rings is 1. The van der Waals surface area contributed by atoms with Gasteiger partial charge in [-0.3, -0.25) is 0 Å². The third kappa shape index (κ3) is 3.28. The van der Waals surface area contributed by atoms with Crippen molar-refractivity contribution in [3.63, 3.8) is 0 Å². The second kappa shape index (κ2) is 4.53. The highest BCUT2D eigenvalue weighted by molar-refractivity contribution is 6.30. The third-order valence-electron chi connectivity index (χ3n) is 1.68. The first-order valence-electron chi connectivity index (χ1n) is 3.88. The number of hydrogen-bond acceptors (Lipinski definition) is 1. The van der Waals surface area contributed by atoms with E-state index in [2.05, 4.69) is 0 Å². The van der Waals surface area contributed by atoms with E-state index in [0.29, 0.717) is 5.02 Å². The summed E-state index contributed by atoms with van der Waals surface area (Å²) in [6.07, 6.45) is -2.34. The molecule has 1 aromatic rings. The zero-order valence-electron chi connectivity index (χ0n) is 6.88. The largest absolute Gasteiger partial charge is 0.323 e. The van der Waals surface area contributed by atoms with Crippen LogP contribution in [0.3, 0.4) is 0 Å². The highest BCUT2D eigenvalue weighted by atomic mass is 35.5. The first-order valence-corrected chi connectivity index (χ1v) is 4.25. The molecule has 1 atom stereocenters. The minimum absolute atomic E-state index is 0.151. The van der Waals surface area contributed by atoms with Crippen LogP contribution in [0.25, 0.3) is 0 Å². The minimum atomic E-state index is -2.49. The lowest BCUT2D eigenvalue weighted by atomic mass is 10.1. The molecule has 0 heterocycles. The predicted octanol–water partition coefficient (Wildman–Crippen LogP) is 2.47. The van der Waals surface area contributed by atoms with Crippen LogP contribution in [0.4, 0.5) is 8.78 Å². The van der Waals surface area contributed by atoms with Gasteiger partial charge in [-0.1, -0.05) is 23.7 Å². The molecule has 1 aromatic carbocycles. The van der Waals surface area contributed by atoms with E-state index in [1.165, 1.54) is 0 Å². The van der Waals surface area contributed by atoms with Crippen LogP contribution in [-0.4, -0.2) is 12.5 Å². The lowest BCUT2D eigenvalue weighted by molar-refractivity contribution is 0.116. The molecule has 0 saturated heterocycles. The summed E-state index contributed by atoms with van der Waals surface area (Å²) in [7, 11) is 0. The molecule has 0 spiro atoms. The Balaban J connectivity index is 2.64. The Labute approximate surface area is 80.5 Å². The van der Waals surface area contributed by atoms with Crippen molar-refractivity contribution < 1.29 is 8.78 Å². The van der Waals surface area contributed by atoms with E-state index >= 15 is 0 Å². The number of alkyl halides is 2. The Kier molecular flexibility index (Phi) is 3.63. The van der Waals surface area contributed by atoms with Gasteiger partial charge in [-0.15, -0.1) is 0 Å². The number of hydrogen-bond donors (Lipinski definition) is 1. The molecular formula is C9H10ClF2N. The molecule has 1 nitrogen and oxygen atoms in total. The van der Waals surface area contributed by atoms with Gasteiger partial charge in [0.15, 0.2) is 0 Å². The molecule has 0 bridgehead atoms. The summed E-state index contributed by atoms with van der Waals surface area (Å²) in [6.45, 7) is 0. The fourth-order valence-corrected chi connectivity index (χ4v) is 1.24. The Morgan fingerprint density at radius 3 is 2.62 bits per heavy atom. The summed E-state index contributed by atoms with van der Waals surface area (Å²) in [5.74, 6) is 0. The predicted molar refractivity (Wildman–Crippen MR) is 49.1 cm³/mol. The van der Waals surface area contributed by atoms with Crippen LogP contribution in [0, 0.1) is 0 Å². The van der Waals surface area contributed by atoms with E-state index in [4.69, 9.17) is 17.3 Å². The molecule has 1 rings (SSSR count). The highest BCUT2D eigenvalue weighted by Crippen LogP contribution is 2.13. The third-order valence-corrected chi connectivity index (χ3v) is 1.92. The Morgan fingerprint density at radius 2 is 2.08 bits per heavy atom. The summed E-state index contributed by atoms with van der Waals surface area (Å²) in [5.41, 5.74) is 5.94. The van der Waals surface area contributed by atoms with E-state index in [0.717, 1.165) is 5.56 Å². The molecule has 0 aliphatic rings. The van der Waals surface area contributed by atoms with Gasteiger partial charge in [0.2, 0.25) is 0 Å². The molecular weight excluding hydrogens is 196 g/mol. The molecule has 1 unspecified atom stereocenters. The van der Waals surface area contributed by atoms with Gasteiger partial charge in [0.25, 0.3) is 6.43 Å². The molecule has 0 aliphatic carbocycles. The van der Waals surface area contributed by atoms with Crippen molar-refractivity contribution in [2.45, 2.75) is 18.9 Å². The second-order valence-corrected chi connectivity index (χ2v) is 3.27. The van der Waals surface area contributed by atoms with E-state index in [1.807, 2.05) is 0 Å². The van der Waals surface area contributed by atoms with Gasteiger partial charge in [-0.2, -0.15) is 0 Å². The molecule has 0 radical (unpaired) electrons. The molecule has 4 heteroatoms. The maximum Gasteiger partial charge on any atom is 0.253 e. The van der Waals surface area contributed by atoms with Crippen molar-refractivity contribution in [1.29, 1.82) is 0 Å². The van der Waals surface area contributed by atoms with Crippen LogP contribution in [0.15, 0.2) is 24.3 Å². The van der Waals surface area contributed by atoms with Gasteiger partial charge >= 0.3 is 0 Å². The smallest absolute Gasteiger partial charge is 0.253 e. The van der Waals surface area contributed by atoms with Crippen molar-refractivity contribution in [3.05, 3.63) is 34.9 Å². The normalized spacial score (nSPS) is 13.3. The lowest BCUT2D eigenvalue weighted by Gasteiger charge is -2.09. The quantitative estimate of drug-likeness (QED) is 0.806. The molecule has 0 fully saturated rings. The summed E-state index contributed by atoms with van der Waals surface area (Å²) < 4.78 is 24.1. The average molecular weight is 206 g/mol. The fraction of sp³-hybridized carbons (Fsp3) is 0.333. The summed E-state index contributed by atoms with van der Waals surface area (Å²) in [6, 6.07) is 5.67. The van der Waals surface area contributed by atoms with E-state index in [1.54, 1.807) is 24.3 Å². The highest BCUT2D eigenvalue weighted by Gasteiger charge is 2.15. The van der Waals surface area contributed by atoms with E-state index in [-0.39, 0.29) is 6.42 Å². The monoisotopic (exact) mass is 205 g/mol. The van der Waals surface area contributed by atoms with Crippen molar-refractivity contribution in [2.24, 2.45) is 5.73 Å². The number of nitrogens with two attached hydrogens (primary N) is 1. The molecule has 0 saturated carbocycles. The maximum atomic E-state index is 12.1. The zero-order valence-corrected chi connectivity index (χ0v) is 7.64. The maximum absolute atomic E-state index is 12.1. The fourth-order valence-electron chi connectivity index (χ4n) is 1.03. The van der Waals surface area contributed by atoms with Gasteiger partial charge in [-0.05, 0) is 24.1 Å². The molecule has 2 N–H and O–H groups in total. The van der Waals surface area contributed by atoms with Crippen LogP contribution in [0.5, 0.6) is 0 Å². The SMILES string of the molecule is NC(Cc1cccc(Cl)c1)C(F)F. The molecule has 13 heavy (non-hydrogen) atoms. The van der Waals surface area contributed by atoms with Crippen LogP contribution >= 0.6 is 11.6 Å². The van der Waals surface area contributed by atoms with E-state index < -0.39 is 12.5 Å². The first kappa shape index (κ1) is 10.4. The van der Waals surface area contributed by atoms with Crippen molar-refractivity contribution >= 4 is 11.6 Å². The Hall–Kier alpha value is -0.670. The first-order chi connectivity index (χ1) is 6.09. The molecule has 0 aliphatic heterocycles. The van der Waals surface area contributed by atoms with Crippen molar-refractivity contribution in [1.82, 2.24) is 0 Å². The average Bonchev–Trinajstić information content (AvgIpc) is 2.04. The molecule has 72 valence electrons. The Bertz CT molecular complexity index is 278. The molecule has 0 aromatic heterocycles. The van der Waals surface area contributed by atoms with Gasteiger partial charge in [0.1, 0.15) is 0 Å². The van der Waals surface area contributed by atoms with Gasteiger partial charge in [-0.25, -0.2) is 8.78 Å². The second-order valence-electron chi connectivity index (χ2n) is 2.83. The van der Waals surface area contributed by atoms with Crippen LogP contribution < -0.4 is 5.73 Å². The van der Waals surface area contributed by atoms with Gasteiger partial charge in [0, 0.05) is 5.02 Å². The summed E-state index contributed by atoms with van der Waals surface area (Å²) in [4.78, 5) is 0. The van der Waals surface area contributed by atoms with Crippen molar-refractivity contribution in [2.75, 3.05) is 0 Å².